The molecule has 0 saturated carbocycles. The Morgan fingerprint density at radius 1 is 1.08 bits per heavy atom. The Kier molecular flexibility index (Phi) is 7.41. The molecule has 26 heavy (non-hydrogen) atoms. The third-order valence-corrected chi connectivity index (χ3v) is 3.94. The van der Waals surface area contributed by atoms with Gasteiger partial charge in [-0.25, -0.2) is 4.39 Å². The van der Waals surface area contributed by atoms with Crippen molar-refractivity contribution in [1.29, 1.82) is 0 Å². The average molecular weight is 360 g/mol. The summed E-state index contributed by atoms with van der Waals surface area (Å²) in [6, 6.07) is 13.6. The van der Waals surface area contributed by atoms with Crippen LogP contribution in [0.25, 0.3) is 0 Å². The summed E-state index contributed by atoms with van der Waals surface area (Å²) in [7, 11) is 5.27. The van der Waals surface area contributed by atoms with Gasteiger partial charge >= 0.3 is 0 Å². The molecule has 0 N–H and O–H groups in total. The number of carbonyl (C=O) groups is 1. The average Bonchev–Trinajstić information content (AvgIpc) is 2.63. The van der Waals surface area contributed by atoms with E-state index >= 15 is 0 Å². The summed E-state index contributed by atoms with van der Waals surface area (Å²) >= 11 is 0. The second-order valence-electron chi connectivity index (χ2n) is 6.14. The molecule has 2 rings (SSSR count). The van der Waals surface area contributed by atoms with E-state index < -0.39 is 0 Å². The second-order valence-corrected chi connectivity index (χ2v) is 6.14. The number of carbonyl (C=O) groups excluding carboxylic acids is 1. The minimum Gasteiger partial charge on any atom is -0.497 e. The van der Waals surface area contributed by atoms with Crippen molar-refractivity contribution in [3.05, 3.63) is 59.9 Å². The highest BCUT2D eigenvalue weighted by Gasteiger charge is 2.12. The van der Waals surface area contributed by atoms with Crippen LogP contribution >= 0.6 is 0 Å². The van der Waals surface area contributed by atoms with Crippen molar-refractivity contribution in [2.45, 2.75) is 6.54 Å². The van der Waals surface area contributed by atoms with Crippen LogP contribution in [0.1, 0.15) is 5.56 Å². The zero-order valence-corrected chi connectivity index (χ0v) is 15.4. The number of hydrogen-bond acceptors (Lipinski definition) is 4. The predicted molar refractivity (Wildman–Crippen MR) is 98.9 cm³/mol. The van der Waals surface area contributed by atoms with Crippen LogP contribution in [0.2, 0.25) is 0 Å². The molecular formula is C20H25FN2O3. The van der Waals surface area contributed by atoms with Gasteiger partial charge in [-0.3, -0.25) is 9.69 Å². The van der Waals surface area contributed by atoms with Crippen LogP contribution in [0.4, 0.5) is 4.39 Å². The largest absolute Gasteiger partial charge is 0.497 e. The number of amides is 1. The topological polar surface area (TPSA) is 42.0 Å². The maximum Gasteiger partial charge on any atom is 0.236 e. The Morgan fingerprint density at radius 2 is 1.81 bits per heavy atom. The van der Waals surface area contributed by atoms with Crippen molar-refractivity contribution in [1.82, 2.24) is 9.80 Å². The molecule has 0 spiro atoms. The zero-order valence-electron chi connectivity index (χ0n) is 15.4. The minimum absolute atomic E-state index is 0.0251. The van der Waals surface area contributed by atoms with Crippen LogP contribution in [-0.2, 0) is 11.3 Å². The first-order valence-electron chi connectivity index (χ1n) is 8.41. The molecule has 0 unspecified atom stereocenters. The van der Waals surface area contributed by atoms with E-state index in [-0.39, 0.29) is 11.7 Å². The summed E-state index contributed by atoms with van der Waals surface area (Å²) in [4.78, 5) is 15.9. The van der Waals surface area contributed by atoms with Gasteiger partial charge < -0.3 is 14.4 Å². The maximum atomic E-state index is 12.8. The molecule has 0 aromatic heterocycles. The van der Waals surface area contributed by atoms with Crippen molar-refractivity contribution in [2.24, 2.45) is 0 Å². The maximum absolute atomic E-state index is 12.8. The fourth-order valence-corrected chi connectivity index (χ4v) is 2.41. The first-order chi connectivity index (χ1) is 12.5. The van der Waals surface area contributed by atoms with Gasteiger partial charge in [-0.2, -0.15) is 0 Å². The molecule has 6 heteroatoms. The van der Waals surface area contributed by atoms with Crippen LogP contribution < -0.4 is 9.47 Å². The molecule has 0 bridgehead atoms. The lowest BCUT2D eigenvalue weighted by Crippen LogP contribution is -2.37. The number of benzene rings is 2. The van der Waals surface area contributed by atoms with Crippen LogP contribution in [0.3, 0.4) is 0 Å². The molecule has 0 fully saturated rings. The highest BCUT2D eigenvalue weighted by Crippen LogP contribution is 2.14. The van der Waals surface area contributed by atoms with E-state index in [1.54, 1.807) is 31.2 Å². The number of nitrogens with zero attached hydrogens (tertiary/aromatic N) is 2. The number of hydrogen-bond donors (Lipinski definition) is 0. The highest BCUT2D eigenvalue weighted by atomic mass is 19.1. The van der Waals surface area contributed by atoms with Gasteiger partial charge in [0.1, 0.15) is 23.9 Å². The molecule has 2 aromatic carbocycles. The molecule has 5 nitrogen and oxygen atoms in total. The van der Waals surface area contributed by atoms with Gasteiger partial charge in [-0.15, -0.1) is 0 Å². The SMILES string of the molecule is COc1cccc(CN(C)C(=O)CN(C)CCOc2ccc(F)cc2)c1. The number of methoxy groups -OCH3 is 1. The van der Waals surface area contributed by atoms with Crippen molar-refractivity contribution in [3.63, 3.8) is 0 Å². The molecule has 140 valence electrons. The number of likely N-dealkylation sites (N-methyl/N-ethyl adjacent to an activating group) is 2. The van der Waals surface area contributed by atoms with Crippen LogP contribution in [0.5, 0.6) is 11.5 Å². The van der Waals surface area contributed by atoms with Gasteiger partial charge in [-0.1, -0.05) is 12.1 Å². The molecule has 2 aromatic rings. The van der Waals surface area contributed by atoms with Gasteiger partial charge in [-0.05, 0) is 49.0 Å². The zero-order chi connectivity index (χ0) is 18.9. The summed E-state index contributed by atoms with van der Waals surface area (Å²) in [5.41, 5.74) is 1.02. The van der Waals surface area contributed by atoms with Crippen LogP contribution in [0.15, 0.2) is 48.5 Å². The molecule has 0 aliphatic carbocycles. The Balaban J connectivity index is 1.73. The lowest BCUT2D eigenvalue weighted by molar-refractivity contribution is -0.131. The number of ether oxygens (including phenoxy) is 2. The fraction of sp³-hybridized carbons (Fsp3) is 0.350. The van der Waals surface area contributed by atoms with Crippen molar-refractivity contribution < 1.29 is 18.7 Å². The quantitative estimate of drug-likeness (QED) is 0.690. The number of halogens is 1. The Bertz CT molecular complexity index is 706. The molecule has 0 saturated heterocycles. The van der Waals surface area contributed by atoms with Gasteiger partial charge in [0.25, 0.3) is 0 Å². The molecule has 0 atom stereocenters. The molecule has 0 heterocycles. The van der Waals surface area contributed by atoms with E-state index in [2.05, 4.69) is 0 Å². The summed E-state index contributed by atoms with van der Waals surface area (Å²) in [6.07, 6.45) is 0. The van der Waals surface area contributed by atoms with Crippen LogP contribution in [0, 0.1) is 5.82 Å². The van der Waals surface area contributed by atoms with E-state index in [0.717, 1.165) is 11.3 Å². The van der Waals surface area contributed by atoms with Gasteiger partial charge in [0, 0.05) is 20.1 Å². The molecule has 0 radical (unpaired) electrons. The normalized spacial score (nSPS) is 10.7. The molecule has 1 amide bonds. The van der Waals surface area contributed by atoms with E-state index in [0.29, 0.717) is 32.0 Å². The van der Waals surface area contributed by atoms with E-state index in [9.17, 15) is 9.18 Å². The second kappa shape index (κ2) is 9.77. The van der Waals surface area contributed by atoms with Crippen molar-refractivity contribution >= 4 is 5.91 Å². The minimum atomic E-state index is -0.292. The Labute approximate surface area is 153 Å². The monoisotopic (exact) mass is 360 g/mol. The van der Waals surface area contributed by atoms with Gasteiger partial charge in [0.05, 0.1) is 13.7 Å². The third kappa shape index (κ3) is 6.37. The first-order valence-corrected chi connectivity index (χ1v) is 8.41. The summed E-state index contributed by atoms with van der Waals surface area (Å²) in [6.45, 7) is 1.84. The summed E-state index contributed by atoms with van der Waals surface area (Å²) in [5, 5.41) is 0. The molecule has 0 aliphatic heterocycles. The van der Waals surface area contributed by atoms with Gasteiger partial charge in [0.2, 0.25) is 5.91 Å². The fourth-order valence-electron chi connectivity index (χ4n) is 2.41. The van der Waals surface area contributed by atoms with E-state index in [1.165, 1.54) is 12.1 Å². The Morgan fingerprint density at radius 3 is 2.50 bits per heavy atom. The number of rotatable bonds is 9. The van der Waals surface area contributed by atoms with Crippen molar-refractivity contribution in [3.8, 4) is 11.5 Å². The van der Waals surface area contributed by atoms with Gasteiger partial charge in [0.15, 0.2) is 0 Å². The lowest BCUT2D eigenvalue weighted by atomic mass is 10.2. The van der Waals surface area contributed by atoms with Crippen LogP contribution in [-0.4, -0.2) is 56.6 Å². The molecule has 0 aliphatic rings. The lowest BCUT2D eigenvalue weighted by Gasteiger charge is -2.22. The molecular weight excluding hydrogens is 335 g/mol. The predicted octanol–water partition coefficient (Wildman–Crippen LogP) is 2.80. The first kappa shape index (κ1) is 19.7. The Hall–Kier alpha value is -2.60. The summed E-state index contributed by atoms with van der Waals surface area (Å²) < 4.78 is 23.6. The van der Waals surface area contributed by atoms with Crippen molar-refractivity contribution in [2.75, 3.05) is 40.9 Å². The van der Waals surface area contributed by atoms with E-state index in [1.807, 2.05) is 36.2 Å². The standard InChI is InChI=1S/C20H25FN2O3/c1-22(11-12-26-18-9-7-17(21)8-10-18)15-20(24)23(2)14-16-5-4-6-19(13-16)25-3/h4-10,13H,11-12,14-15H2,1-3H3. The highest BCUT2D eigenvalue weighted by molar-refractivity contribution is 5.77. The smallest absolute Gasteiger partial charge is 0.236 e. The van der Waals surface area contributed by atoms with E-state index in [4.69, 9.17) is 9.47 Å². The summed E-state index contributed by atoms with van der Waals surface area (Å²) in [5.74, 6) is 1.12. The third-order valence-electron chi connectivity index (χ3n) is 3.94.